The average molecular weight is 318 g/mol. The zero-order chi connectivity index (χ0) is 10.7. The number of amides is 1. The predicted molar refractivity (Wildman–Crippen MR) is 65.0 cm³/mol. The van der Waals surface area contributed by atoms with Crippen LogP contribution in [0.15, 0.2) is 24.3 Å². The fourth-order valence-corrected chi connectivity index (χ4v) is 8.16. The van der Waals surface area contributed by atoms with Crippen LogP contribution >= 0.6 is 0 Å². The molecule has 0 saturated carbocycles. The van der Waals surface area contributed by atoms with E-state index in [1.807, 2.05) is 12.1 Å². The standard InChI is InChI=1S/C12H15NOTe/c1-2-3-8-15-9-12(14)13-10-6-4-5-7-11(10)15/h4-7H,2-3,8-9H2,1H3/p+1. The quantitative estimate of drug-likeness (QED) is 0.850. The van der Waals surface area contributed by atoms with E-state index in [9.17, 15) is 4.79 Å². The second-order valence-electron chi connectivity index (χ2n) is 3.74. The minimum atomic E-state index is -1.33. The first-order valence-corrected chi connectivity index (χ1v) is 9.83. The van der Waals surface area contributed by atoms with E-state index in [1.165, 1.54) is 20.9 Å². The molecule has 0 unspecified atom stereocenters. The summed E-state index contributed by atoms with van der Waals surface area (Å²) in [5.74, 6) is 0.237. The zero-order valence-electron chi connectivity index (χ0n) is 8.95. The molecule has 1 heterocycles. The summed E-state index contributed by atoms with van der Waals surface area (Å²) in [6.07, 6.45) is 2.51. The van der Waals surface area contributed by atoms with E-state index in [1.54, 1.807) is 0 Å². The molecule has 0 aliphatic carbocycles. The second-order valence-corrected chi connectivity index (χ2v) is 9.80. The Morgan fingerprint density at radius 3 is 3.00 bits per heavy atom. The molecule has 1 aromatic rings. The van der Waals surface area contributed by atoms with Gasteiger partial charge in [0, 0.05) is 0 Å². The van der Waals surface area contributed by atoms with Crippen molar-refractivity contribution in [2.24, 2.45) is 0 Å². The third kappa shape index (κ3) is 2.53. The van der Waals surface area contributed by atoms with Crippen LogP contribution in [0.4, 0.5) is 5.69 Å². The van der Waals surface area contributed by atoms with Gasteiger partial charge in [-0.2, -0.15) is 0 Å². The Labute approximate surface area is 97.7 Å². The molecule has 0 fully saturated rings. The van der Waals surface area contributed by atoms with Crippen LogP contribution in [0.3, 0.4) is 0 Å². The van der Waals surface area contributed by atoms with Gasteiger partial charge >= 0.3 is 97.8 Å². The molecule has 1 aromatic carbocycles. The number of anilines is 1. The van der Waals surface area contributed by atoms with Crippen molar-refractivity contribution in [1.82, 2.24) is 0 Å². The van der Waals surface area contributed by atoms with E-state index in [2.05, 4.69) is 24.4 Å². The summed E-state index contributed by atoms with van der Waals surface area (Å²) in [6.45, 7) is 2.22. The van der Waals surface area contributed by atoms with Crippen molar-refractivity contribution in [3.8, 4) is 0 Å². The van der Waals surface area contributed by atoms with Gasteiger partial charge in [0.1, 0.15) is 0 Å². The van der Waals surface area contributed by atoms with Crippen molar-refractivity contribution < 1.29 is 4.79 Å². The number of nitrogens with one attached hydrogen (secondary N) is 1. The molecule has 0 spiro atoms. The Balaban J connectivity index is 2.22. The van der Waals surface area contributed by atoms with Gasteiger partial charge in [-0.3, -0.25) is 0 Å². The van der Waals surface area contributed by atoms with E-state index in [0.29, 0.717) is 0 Å². The first-order valence-electron chi connectivity index (χ1n) is 5.37. The van der Waals surface area contributed by atoms with Crippen molar-refractivity contribution >= 4 is 34.8 Å². The number of rotatable bonds is 3. The second kappa shape index (κ2) is 5.01. The van der Waals surface area contributed by atoms with Crippen LogP contribution in [0, 0.1) is 0 Å². The van der Waals surface area contributed by atoms with Gasteiger partial charge in [-0.25, -0.2) is 0 Å². The summed E-state index contributed by atoms with van der Waals surface area (Å²) in [4.78, 5) is 11.5. The van der Waals surface area contributed by atoms with Crippen LogP contribution in [-0.4, -0.2) is 25.5 Å². The van der Waals surface area contributed by atoms with Crippen LogP contribution in [0.5, 0.6) is 0 Å². The van der Waals surface area contributed by atoms with Crippen LogP contribution in [-0.2, 0) is 4.79 Å². The molecular weight excluding hydrogens is 302 g/mol. The Morgan fingerprint density at radius 1 is 1.40 bits per heavy atom. The van der Waals surface area contributed by atoms with E-state index in [-0.39, 0.29) is 5.91 Å². The van der Waals surface area contributed by atoms with Crippen molar-refractivity contribution in [3.63, 3.8) is 0 Å². The van der Waals surface area contributed by atoms with Gasteiger partial charge in [0.2, 0.25) is 0 Å². The summed E-state index contributed by atoms with van der Waals surface area (Å²) in [7, 11) is 0. The molecule has 0 aromatic heterocycles. The van der Waals surface area contributed by atoms with Gasteiger partial charge in [0.25, 0.3) is 0 Å². The van der Waals surface area contributed by atoms with Crippen molar-refractivity contribution in [3.05, 3.63) is 24.3 Å². The van der Waals surface area contributed by atoms with Crippen LogP contribution in [0.2, 0.25) is 8.94 Å². The van der Waals surface area contributed by atoms with Crippen molar-refractivity contribution in [2.75, 3.05) is 5.32 Å². The van der Waals surface area contributed by atoms with Gasteiger partial charge in [0.05, 0.1) is 0 Å². The molecule has 0 saturated heterocycles. The predicted octanol–water partition coefficient (Wildman–Crippen LogP) is 2.14. The van der Waals surface area contributed by atoms with Gasteiger partial charge < -0.3 is 0 Å². The van der Waals surface area contributed by atoms with Crippen LogP contribution in [0.25, 0.3) is 0 Å². The van der Waals surface area contributed by atoms with Crippen LogP contribution in [0.1, 0.15) is 19.8 Å². The first-order chi connectivity index (χ1) is 7.31. The SMILES string of the molecule is CCCC[Te+]1CC(=O)Nc2ccccc21. The molecule has 15 heavy (non-hydrogen) atoms. The molecule has 1 N–H and O–H groups in total. The molecule has 1 amide bonds. The average Bonchev–Trinajstić information content (AvgIpc) is 2.25. The number of unbranched alkanes of at least 4 members (excludes halogenated alkanes) is 1. The van der Waals surface area contributed by atoms with Gasteiger partial charge in [0.15, 0.2) is 0 Å². The summed E-state index contributed by atoms with van der Waals surface area (Å²) in [6, 6.07) is 8.34. The number of carbonyl (C=O) groups excluding carboxylic acids is 1. The molecular formula is C12H16NOTe+. The molecule has 2 rings (SSSR count). The third-order valence-electron chi connectivity index (χ3n) is 2.52. The number of carbonyl (C=O) groups is 1. The number of para-hydroxylation sites is 1. The fourth-order valence-electron chi connectivity index (χ4n) is 1.74. The van der Waals surface area contributed by atoms with Gasteiger partial charge in [-0.15, -0.1) is 0 Å². The first kappa shape index (κ1) is 11.0. The number of fused-ring (bicyclic) bond motifs is 1. The maximum absolute atomic E-state index is 11.5. The van der Waals surface area contributed by atoms with E-state index in [4.69, 9.17) is 0 Å². The van der Waals surface area contributed by atoms with Crippen molar-refractivity contribution in [2.45, 2.75) is 28.7 Å². The Kier molecular flexibility index (Phi) is 3.66. The molecule has 0 radical (unpaired) electrons. The fraction of sp³-hybridized carbons (Fsp3) is 0.417. The van der Waals surface area contributed by atoms with E-state index in [0.717, 1.165) is 10.2 Å². The van der Waals surface area contributed by atoms with Crippen LogP contribution < -0.4 is 8.93 Å². The monoisotopic (exact) mass is 320 g/mol. The molecule has 2 nitrogen and oxygen atoms in total. The minimum absolute atomic E-state index is 0.237. The molecule has 3 heteroatoms. The van der Waals surface area contributed by atoms with Crippen molar-refractivity contribution in [1.29, 1.82) is 0 Å². The normalized spacial score (nSPS) is 15.9. The maximum atomic E-state index is 11.5. The Bertz CT molecular complexity index is 364. The number of hydrogen-bond donors (Lipinski definition) is 1. The summed E-state index contributed by atoms with van der Waals surface area (Å²) >= 11 is -1.33. The molecule has 1 aliphatic heterocycles. The molecule has 80 valence electrons. The number of benzene rings is 1. The summed E-state index contributed by atoms with van der Waals surface area (Å²) in [5, 5.41) is 2.97. The summed E-state index contributed by atoms with van der Waals surface area (Å²) < 4.78 is 3.60. The Morgan fingerprint density at radius 2 is 2.20 bits per heavy atom. The molecule has 1 aliphatic rings. The van der Waals surface area contributed by atoms with Gasteiger partial charge in [-0.1, -0.05) is 0 Å². The molecule has 0 bridgehead atoms. The van der Waals surface area contributed by atoms with E-state index >= 15 is 0 Å². The van der Waals surface area contributed by atoms with Gasteiger partial charge in [-0.05, 0) is 0 Å². The van der Waals surface area contributed by atoms with E-state index < -0.39 is 19.6 Å². The molecule has 0 atom stereocenters. The Hall–Kier alpha value is -0.520. The third-order valence-corrected chi connectivity index (χ3v) is 9.29. The topological polar surface area (TPSA) is 29.1 Å². The summed E-state index contributed by atoms with van der Waals surface area (Å²) in [5.41, 5.74) is 1.08. The zero-order valence-corrected chi connectivity index (χ0v) is 11.3. The number of hydrogen-bond acceptors (Lipinski definition) is 1.